The molecule has 1 N–H and O–H groups in total. The maximum absolute atomic E-state index is 14.1. The van der Waals surface area contributed by atoms with Crippen LogP contribution in [0.5, 0.6) is 5.88 Å². The normalized spacial score (nSPS) is 28.2. The summed E-state index contributed by atoms with van der Waals surface area (Å²) in [5, 5.41) is 0.769. The number of sulfonamides is 1. The highest BCUT2D eigenvalue weighted by atomic mass is 32.2. The van der Waals surface area contributed by atoms with Gasteiger partial charge in [0.1, 0.15) is 6.10 Å². The first-order valence-electron chi connectivity index (χ1n) is 17.2. The molecule has 2 aromatic rings. The van der Waals surface area contributed by atoms with Gasteiger partial charge < -0.3 is 14.4 Å². The number of amides is 2. The number of fused-ring (bicyclic) bond motifs is 3. The minimum absolute atomic E-state index is 0.0313. The monoisotopic (exact) mass is 731 g/mol. The van der Waals surface area contributed by atoms with Gasteiger partial charge in [-0.15, -0.1) is 6.58 Å². The molecule has 15 heteroatoms. The van der Waals surface area contributed by atoms with E-state index in [9.17, 15) is 40.8 Å². The lowest BCUT2D eigenvalue weighted by Crippen LogP contribution is -2.47. The number of carbonyl (C=O) groups excluding carboxylic acids is 4. The minimum Gasteiger partial charge on any atom is -0.472 e. The first kappa shape index (κ1) is 36.5. The van der Waals surface area contributed by atoms with Gasteiger partial charge in [-0.1, -0.05) is 30.4 Å². The molecule has 1 aromatic carbocycles. The molecule has 51 heavy (non-hydrogen) atoms. The number of ether oxygens (including phenoxy) is 2. The van der Waals surface area contributed by atoms with Crippen LogP contribution in [0.25, 0.3) is 16.8 Å². The van der Waals surface area contributed by atoms with E-state index in [1.807, 2.05) is 30.4 Å². The summed E-state index contributed by atoms with van der Waals surface area (Å²) in [7, 11) is -3.94. The van der Waals surface area contributed by atoms with Gasteiger partial charge in [0, 0.05) is 24.4 Å². The van der Waals surface area contributed by atoms with Crippen LogP contribution in [0.4, 0.5) is 13.2 Å². The Hall–Kier alpha value is -4.27. The van der Waals surface area contributed by atoms with E-state index in [1.165, 1.54) is 12.3 Å². The van der Waals surface area contributed by atoms with Crippen molar-refractivity contribution in [1.29, 1.82) is 0 Å². The van der Waals surface area contributed by atoms with Gasteiger partial charge in [0.2, 0.25) is 27.7 Å². The topological polar surface area (TPSA) is 149 Å². The predicted octanol–water partition coefficient (Wildman–Crippen LogP) is 5.04. The van der Waals surface area contributed by atoms with E-state index < -0.39 is 93.7 Å². The number of aromatic nitrogens is 1. The SMILES string of the molecule is C=C[C@@H]1C[C@]1(CC(=O)[C@@H]1C[C@@H]2CN1C(=O)[C@H](CC(F)(F)F)CC(=O)OCCCC/C=C/c1ccc3ccnc(c3c1)O2)C(=O)NS(=O)(=O)C1CC1. The van der Waals surface area contributed by atoms with Gasteiger partial charge in [-0.05, 0) is 67.5 Å². The van der Waals surface area contributed by atoms with Crippen LogP contribution in [-0.2, 0) is 33.9 Å². The van der Waals surface area contributed by atoms with Crippen LogP contribution in [-0.4, -0.2) is 78.6 Å². The molecule has 4 bridgehead atoms. The Labute approximate surface area is 293 Å². The lowest BCUT2D eigenvalue weighted by atomic mass is 9.91. The standard InChI is InChI=1S/C36H40F3N3O8S/c1-2-25-19-35(25,34(46)41-51(47,48)27-10-11-27)20-30(43)29-17-26-21-42(29)33(45)24(18-36(37,38)39)16-31(44)49-14-6-4-3-5-7-22-8-9-23-12-13-40-32(50-26)28(23)15-22/h2,5,7-9,12-13,15,24-27,29H,1,3-4,6,10-11,14,16-21H2,(H,41,46)/b7-5+/t24-,25+,26+,29-,35+/m0/s1. The number of cyclic esters (lactones) is 1. The second-order valence-corrected chi connectivity index (χ2v) is 15.9. The molecule has 1 saturated heterocycles. The zero-order valence-corrected chi connectivity index (χ0v) is 28.7. The molecule has 2 aliphatic carbocycles. The fourth-order valence-electron chi connectivity index (χ4n) is 7.05. The molecule has 6 rings (SSSR count). The van der Waals surface area contributed by atoms with Crippen molar-refractivity contribution in [2.75, 3.05) is 13.2 Å². The third-order valence-electron chi connectivity index (χ3n) is 10.1. The van der Waals surface area contributed by atoms with Crippen LogP contribution in [0.1, 0.15) is 69.8 Å². The zero-order chi connectivity index (χ0) is 36.6. The van der Waals surface area contributed by atoms with E-state index in [0.29, 0.717) is 37.5 Å². The Morgan fingerprint density at radius 1 is 1.16 bits per heavy atom. The molecule has 0 spiro atoms. The van der Waals surface area contributed by atoms with Crippen molar-refractivity contribution < 1.29 is 50.2 Å². The van der Waals surface area contributed by atoms with Crippen LogP contribution in [0.15, 0.2) is 49.2 Å². The Morgan fingerprint density at radius 2 is 1.94 bits per heavy atom. The molecule has 5 atom stereocenters. The van der Waals surface area contributed by atoms with Crippen molar-refractivity contribution in [3.05, 3.63) is 54.8 Å². The molecule has 2 aliphatic heterocycles. The van der Waals surface area contributed by atoms with Crippen molar-refractivity contribution in [2.24, 2.45) is 17.3 Å². The Morgan fingerprint density at radius 3 is 2.65 bits per heavy atom. The third kappa shape index (κ3) is 8.45. The fourth-order valence-corrected chi connectivity index (χ4v) is 8.43. The summed E-state index contributed by atoms with van der Waals surface area (Å²) in [4.78, 5) is 59.7. The number of esters is 1. The van der Waals surface area contributed by atoms with Crippen molar-refractivity contribution in [3.8, 4) is 5.88 Å². The van der Waals surface area contributed by atoms with Crippen LogP contribution in [0.3, 0.4) is 0 Å². The van der Waals surface area contributed by atoms with Gasteiger partial charge in [0.25, 0.3) is 0 Å². The van der Waals surface area contributed by atoms with Crippen molar-refractivity contribution in [2.45, 2.75) is 87.8 Å². The number of allylic oxidation sites excluding steroid dienone is 2. The summed E-state index contributed by atoms with van der Waals surface area (Å²) in [5.41, 5.74) is -0.583. The van der Waals surface area contributed by atoms with Crippen molar-refractivity contribution >= 4 is 50.4 Å². The van der Waals surface area contributed by atoms with Crippen LogP contribution in [0, 0.1) is 17.3 Å². The summed E-state index contributed by atoms with van der Waals surface area (Å²) < 4.78 is 80.3. The average molecular weight is 732 g/mol. The molecule has 11 nitrogen and oxygen atoms in total. The number of Topliss-reactive ketones (excluding diaryl/α,β-unsaturated/α-hetero) is 1. The first-order chi connectivity index (χ1) is 24.2. The van der Waals surface area contributed by atoms with Gasteiger partial charge in [0.05, 0.1) is 48.6 Å². The first-order valence-corrected chi connectivity index (χ1v) is 18.7. The number of hydrogen-bond acceptors (Lipinski definition) is 9. The number of halogens is 3. The molecular weight excluding hydrogens is 691 g/mol. The average Bonchev–Trinajstić information content (AvgIpc) is 3.99. The molecule has 1 aromatic heterocycles. The van der Waals surface area contributed by atoms with E-state index in [2.05, 4.69) is 16.3 Å². The van der Waals surface area contributed by atoms with Crippen LogP contribution in [0.2, 0.25) is 0 Å². The van der Waals surface area contributed by atoms with Crippen LogP contribution < -0.4 is 9.46 Å². The molecule has 2 saturated carbocycles. The lowest BCUT2D eigenvalue weighted by Gasteiger charge is -2.29. The molecule has 2 amide bonds. The maximum Gasteiger partial charge on any atom is 0.389 e. The number of carbonyl (C=O) groups is 4. The van der Waals surface area contributed by atoms with E-state index in [-0.39, 0.29) is 31.9 Å². The highest BCUT2D eigenvalue weighted by Crippen LogP contribution is 2.57. The van der Waals surface area contributed by atoms with E-state index in [0.717, 1.165) is 15.8 Å². The third-order valence-corrected chi connectivity index (χ3v) is 11.9. The summed E-state index contributed by atoms with van der Waals surface area (Å²) in [6.45, 7) is 3.39. The van der Waals surface area contributed by atoms with Gasteiger partial charge >= 0.3 is 12.1 Å². The van der Waals surface area contributed by atoms with E-state index in [1.54, 1.807) is 6.07 Å². The number of pyridine rings is 1. The number of hydrogen-bond donors (Lipinski definition) is 1. The number of rotatable bonds is 8. The number of nitrogens with one attached hydrogen (secondary N) is 1. The number of alkyl halides is 3. The highest BCUT2D eigenvalue weighted by Gasteiger charge is 2.61. The molecule has 3 heterocycles. The Bertz CT molecular complexity index is 1860. The molecule has 0 radical (unpaired) electrons. The van der Waals surface area contributed by atoms with Crippen molar-refractivity contribution in [1.82, 2.24) is 14.6 Å². The molecular formula is C36H40F3N3O8S. The smallest absolute Gasteiger partial charge is 0.389 e. The number of ketones is 1. The van der Waals surface area contributed by atoms with Gasteiger partial charge in [-0.3, -0.25) is 23.9 Å². The molecule has 274 valence electrons. The molecule has 0 unspecified atom stereocenters. The number of nitrogens with zero attached hydrogens (tertiary/aromatic N) is 2. The van der Waals surface area contributed by atoms with Gasteiger partial charge in [-0.2, -0.15) is 13.2 Å². The number of benzene rings is 1. The zero-order valence-electron chi connectivity index (χ0n) is 27.9. The minimum atomic E-state index is -4.82. The summed E-state index contributed by atoms with van der Waals surface area (Å²) in [6.07, 6.45) is 0.822. The molecule has 3 fully saturated rings. The van der Waals surface area contributed by atoms with Gasteiger partial charge in [-0.25, -0.2) is 13.4 Å². The largest absolute Gasteiger partial charge is 0.472 e. The van der Waals surface area contributed by atoms with E-state index in [4.69, 9.17) is 9.47 Å². The van der Waals surface area contributed by atoms with Crippen LogP contribution >= 0.6 is 0 Å². The fraction of sp³-hybridized carbons (Fsp3) is 0.528. The maximum atomic E-state index is 14.1. The summed E-state index contributed by atoms with van der Waals surface area (Å²) in [5.74, 6) is -5.74. The molecule has 4 aliphatic rings. The quantitative estimate of drug-likeness (QED) is 0.291. The Balaban J connectivity index is 1.33. The lowest BCUT2D eigenvalue weighted by molar-refractivity contribution is -0.166. The highest BCUT2D eigenvalue weighted by molar-refractivity contribution is 7.90. The Kier molecular flexibility index (Phi) is 10.3. The second-order valence-electron chi connectivity index (χ2n) is 13.9. The summed E-state index contributed by atoms with van der Waals surface area (Å²) >= 11 is 0. The predicted molar refractivity (Wildman–Crippen MR) is 179 cm³/mol. The van der Waals surface area contributed by atoms with Gasteiger partial charge in [0.15, 0.2) is 5.78 Å². The van der Waals surface area contributed by atoms with E-state index >= 15 is 0 Å². The van der Waals surface area contributed by atoms with Crippen molar-refractivity contribution in [3.63, 3.8) is 0 Å². The summed E-state index contributed by atoms with van der Waals surface area (Å²) in [6, 6.07) is 6.16. The second kappa shape index (κ2) is 14.4.